The molecule has 0 radical (unpaired) electrons. The highest BCUT2D eigenvalue weighted by molar-refractivity contribution is 5.84. The van der Waals surface area contributed by atoms with Crippen LogP contribution in [0.3, 0.4) is 0 Å². The van der Waals surface area contributed by atoms with E-state index in [1.54, 1.807) is 0 Å². The number of carbonyl (C=O) groups is 2. The summed E-state index contributed by atoms with van der Waals surface area (Å²) >= 11 is 0. The zero-order chi connectivity index (χ0) is 12.3. The second-order valence-corrected chi connectivity index (χ2v) is 4.51. The number of hydrogen-bond donors (Lipinski definition) is 2. The van der Waals surface area contributed by atoms with E-state index in [0.717, 1.165) is 6.42 Å². The average Bonchev–Trinajstić information content (AvgIpc) is 2.60. The normalized spacial score (nSPS) is 26.8. The molecule has 1 fully saturated rings. The van der Waals surface area contributed by atoms with Gasteiger partial charge in [0.2, 0.25) is 5.91 Å². The van der Waals surface area contributed by atoms with Gasteiger partial charge >= 0.3 is 5.97 Å². The van der Waals surface area contributed by atoms with Crippen molar-refractivity contribution in [3.8, 4) is 0 Å². The summed E-state index contributed by atoms with van der Waals surface area (Å²) in [5.41, 5.74) is 0. The molecule has 0 aromatic heterocycles. The summed E-state index contributed by atoms with van der Waals surface area (Å²) in [5.74, 6) is -0.952. The van der Waals surface area contributed by atoms with Gasteiger partial charge in [0.1, 0.15) is 6.04 Å². The molecular weight excluding hydrogens is 210 g/mol. The Morgan fingerprint density at radius 3 is 2.62 bits per heavy atom. The van der Waals surface area contributed by atoms with E-state index >= 15 is 0 Å². The third-order valence-corrected chi connectivity index (χ3v) is 3.10. The van der Waals surface area contributed by atoms with Crippen LogP contribution in [-0.2, 0) is 9.59 Å². The lowest BCUT2D eigenvalue weighted by Gasteiger charge is -2.22. The Hall–Kier alpha value is -1.10. The molecule has 0 bridgehead atoms. The molecule has 1 aliphatic heterocycles. The molecule has 0 aromatic carbocycles. The van der Waals surface area contributed by atoms with Crippen molar-refractivity contribution < 1.29 is 19.8 Å². The fraction of sp³-hybridized carbons (Fsp3) is 0.818. The van der Waals surface area contributed by atoms with Crippen LogP contribution in [0.15, 0.2) is 0 Å². The topological polar surface area (TPSA) is 77.8 Å². The molecule has 1 saturated heterocycles. The van der Waals surface area contributed by atoms with Crippen LogP contribution in [0.1, 0.15) is 33.1 Å². The number of amides is 1. The zero-order valence-electron chi connectivity index (χ0n) is 9.72. The molecule has 1 heterocycles. The molecule has 5 nitrogen and oxygen atoms in total. The van der Waals surface area contributed by atoms with Crippen molar-refractivity contribution in [3.05, 3.63) is 0 Å². The Morgan fingerprint density at radius 1 is 1.50 bits per heavy atom. The molecule has 0 aromatic rings. The molecule has 92 valence electrons. The number of rotatable bonds is 4. The van der Waals surface area contributed by atoms with E-state index in [4.69, 9.17) is 5.11 Å². The minimum absolute atomic E-state index is 0.140. The number of carboxylic acid groups (broad SMARTS) is 1. The minimum atomic E-state index is -1.03. The fourth-order valence-electron chi connectivity index (χ4n) is 1.88. The number of β-amino-alcohol motifs (C(OH)–C–C–N with tert-alkyl or cyclic N) is 1. The van der Waals surface area contributed by atoms with Crippen LogP contribution in [-0.4, -0.2) is 45.7 Å². The van der Waals surface area contributed by atoms with Gasteiger partial charge < -0.3 is 15.1 Å². The lowest BCUT2D eigenvalue weighted by atomic mass is 10.0. The Kier molecular flexibility index (Phi) is 4.29. The van der Waals surface area contributed by atoms with Crippen LogP contribution in [0.2, 0.25) is 0 Å². The summed E-state index contributed by atoms with van der Waals surface area (Å²) < 4.78 is 0. The number of nitrogens with zero attached hydrogens (tertiary/aromatic N) is 1. The molecule has 1 rings (SSSR count). The highest BCUT2D eigenvalue weighted by Crippen LogP contribution is 2.21. The van der Waals surface area contributed by atoms with Gasteiger partial charge in [-0.15, -0.1) is 0 Å². The molecule has 3 atom stereocenters. The predicted octanol–water partition coefficient (Wildman–Crippen LogP) is 0.469. The van der Waals surface area contributed by atoms with Crippen LogP contribution in [0.4, 0.5) is 0 Å². The number of carbonyl (C=O) groups excluding carboxylic acids is 1. The number of aliphatic hydroxyl groups is 1. The maximum atomic E-state index is 11.8. The van der Waals surface area contributed by atoms with Gasteiger partial charge in [-0.3, -0.25) is 4.79 Å². The summed E-state index contributed by atoms with van der Waals surface area (Å²) in [6.45, 7) is 4.10. The number of aliphatic hydroxyl groups excluding tert-OH is 1. The second-order valence-electron chi connectivity index (χ2n) is 4.51. The zero-order valence-corrected chi connectivity index (χ0v) is 9.72. The predicted molar refractivity (Wildman–Crippen MR) is 57.8 cm³/mol. The quantitative estimate of drug-likeness (QED) is 0.734. The van der Waals surface area contributed by atoms with Gasteiger partial charge in [0, 0.05) is 19.4 Å². The molecule has 2 N–H and O–H groups in total. The van der Waals surface area contributed by atoms with E-state index < -0.39 is 18.1 Å². The molecule has 16 heavy (non-hydrogen) atoms. The van der Waals surface area contributed by atoms with Crippen molar-refractivity contribution in [2.75, 3.05) is 6.54 Å². The van der Waals surface area contributed by atoms with Crippen LogP contribution in [0.25, 0.3) is 0 Å². The first-order valence-corrected chi connectivity index (χ1v) is 5.66. The first-order valence-electron chi connectivity index (χ1n) is 5.66. The van der Waals surface area contributed by atoms with E-state index in [1.807, 2.05) is 13.8 Å². The molecule has 0 saturated carbocycles. The SMILES string of the molecule is CCC(C)CC(=O)N1CC(O)CC1C(=O)O. The van der Waals surface area contributed by atoms with E-state index in [1.165, 1.54) is 4.90 Å². The van der Waals surface area contributed by atoms with Gasteiger partial charge in [-0.1, -0.05) is 20.3 Å². The molecule has 1 aliphatic rings. The highest BCUT2D eigenvalue weighted by Gasteiger charge is 2.38. The smallest absolute Gasteiger partial charge is 0.326 e. The lowest BCUT2D eigenvalue weighted by Crippen LogP contribution is -2.41. The minimum Gasteiger partial charge on any atom is -0.480 e. The average molecular weight is 229 g/mol. The van der Waals surface area contributed by atoms with Gasteiger partial charge in [-0.05, 0) is 5.92 Å². The third-order valence-electron chi connectivity index (χ3n) is 3.10. The summed E-state index contributed by atoms with van der Waals surface area (Å²) in [7, 11) is 0. The summed E-state index contributed by atoms with van der Waals surface area (Å²) in [4.78, 5) is 24.0. The van der Waals surface area contributed by atoms with Crippen LogP contribution in [0.5, 0.6) is 0 Å². The maximum Gasteiger partial charge on any atom is 0.326 e. The highest BCUT2D eigenvalue weighted by atomic mass is 16.4. The Bertz CT molecular complexity index is 279. The molecule has 1 amide bonds. The monoisotopic (exact) mass is 229 g/mol. The Balaban J connectivity index is 2.63. The maximum absolute atomic E-state index is 11.8. The van der Waals surface area contributed by atoms with E-state index in [2.05, 4.69) is 0 Å². The van der Waals surface area contributed by atoms with Gasteiger partial charge in [0.05, 0.1) is 6.10 Å². The lowest BCUT2D eigenvalue weighted by molar-refractivity contribution is -0.148. The van der Waals surface area contributed by atoms with Gasteiger partial charge in [-0.25, -0.2) is 4.79 Å². The summed E-state index contributed by atoms with van der Waals surface area (Å²) in [5, 5.41) is 18.3. The molecule has 0 spiro atoms. The fourth-order valence-corrected chi connectivity index (χ4v) is 1.88. The van der Waals surface area contributed by atoms with Crippen molar-refractivity contribution in [2.45, 2.75) is 45.3 Å². The van der Waals surface area contributed by atoms with Crippen molar-refractivity contribution in [1.82, 2.24) is 4.90 Å². The first kappa shape index (κ1) is 13.0. The number of aliphatic carboxylic acids is 1. The van der Waals surface area contributed by atoms with Gasteiger partial charge in [0.15, 0.2) is 0 Å². The van der Waals surface area contributed by atoms with Crippen molar-refractivity contribution in [1.29, 1.82) is 0 Å². The van der Waals surface area contributed by atoms with Crippen LogP contribution >= 0.6 is 0 Å². The van der Waals surface area contributed by atoms with E-state index in [0.29, 0.717) is 6.42 Å². The number of carboxylic acids is 1. The standard InChI is InChI=1S/C11H19NO4/c1-3-7(2)4-10(14)12-6-8(13)5-9(12)11(15)16/h7-9,13H,3-6H2,1-2H3,(H,15,16). The number of likely N-dealkylation sites (tertiary alicyclic amines) is 1. The molecule has 5 heteroatoms. The van der Waals surface area contributed by atoms with Crippen LogP contribution in [0, 0.1) is 5.92 Å². The van der Waals surface area contributed by atoms with Crippen molar-refractivity contribution in [3.63, 3.8) is 0 Å². The van der Waals surface area contributed by atoms with Crippen molar-refractivity contribution in [2.24, 2.45) is 5.92 Å². The summed E-state index contributed by atoms with van der Waals surface area (Å²) in [6.07, 6.45) is 0.677. The first-order chi connectivity index (χ1) is 7.45. The van der Waals surface area contributed by atoms with E-state index in [9.17, 15) is 14.7 Å². The third kappa shape index (κ3) is 2.95. The Morgan fingerprint density at radius 2 is 2.12 bits per heavy atom. The summed E-state index contributed by atoms with van der Waals surface area (Å²) in [6, 6.07) is -0.855. The molecular formula is C11H19NO4. The number of hydrogen-bond acceptors (Lipinski definition) is 3. The van der Waals surface area contributed by atoms with Crippen molar-refractivity contribution >= 4 is 11.9 Å². The van der Waals surface area contributed by atoms with Gasteiger partial charge in [-0.2, -0.15) is 0 Å². The van der Waals surface area contributed by atoms with Crippen LogP contribution < -0.4 is 0 Å². The van der Waals surface area contributed by atoms with E-state index in [-0.39, 0.29) is 24.8 Å². The Labute approximate surface area is 95.1 Å². The molecule has 3 unspecified atom stereocenters. The molecule has 0 aliphatic carbocycles. The largest absolute Gasteiger partial charge is 0.480 e. The van der Waals surface area contributed by atoms with Gasteiger partial charge in [0.25, 0.3) is 0 Å². The second kappa shape index (κ2) is 5.30.